The average Bonchev–Trinajstić information content (AvgIpc) is 3.66. The minimum absolute atomic E-state index is 0.795. The molecule has 8 aromatic carbocycles. The van der Waals surface area contributed by atoms with E-state index in [4.69, 9.17) is 14.5 Å². The topological polar surface area (TPSA) is 47.5 Å². The molecule has 2 aliphatic rings. The minimum Gasteiger partial charge on any atom is -0.453 e. The van der Waals surface area contributed by atoms with Gasteiger partial charge in [0.05, 0.1) is 22.6 Å². The maximum atomic E-state index is 6.44. The monoisotopic (exact) mass is 779 g/mol. The SMILES string of the molecule is Cc1ccccc1-c1cc(-c2cc3c4c(c2)Oc2ccccc2N4c2ccccc2O3)ccc1C.Cc1nc(-c2cccc3c2sc2ccccc23)c2ccccc2n1. The van der Waals surface area contributed by atoms with Gasteiger partial charge in [0.2, 0.25) is 0 Å². The number of fused-ring (bicyclic) bond motifs is 8. The maximum absolute atomic E-state index is 6.44. The third kappa shape index (κ3) is 5.91. The second kappa shape index (κ2) is 14.0. The zero-order valence-electron chi connectivity index (χ0n) is 32.7. The van der Waals surface area contributed by atoms with Crippen molar-refractivity contribution in [2.24, 2.45) is 0 Å². The van der Waals surface area contributed by atoms with E-state index in [1.54, 1.807) is 0 Å². The molecule has 6 heteroatoms. The third-order valence-corrected chi connectivity index (χ3v) is 12.5. The number of rotatable bonds is 3. The molecule has 0 spiro atoms. The van der Waals surface area contributed by atoms with Crippen molar-refractivity contribution in [3.05, 3.63) is 187 Å². The second-order valence-electron chi connectivity index (χ2n) is 15.1. The molecule has 0 amide bonds. The predicted octanol–water partition coefficient (Wildman–Crippen LogP) is 15.3. The Bertz CT molecular complexity index is 3220. The molecule has 0 bridgehead atoms. The quantitative estimate of drug-likeness (QED) is 0.179. The fourth-order valence-electron chi connectivity index (χ4n) is 8.49. The highest BCUT2D eigenvalue weighted by atomic mass is 32.1. The highest BCUT2D eigenvalue weighted by Gasteiger charge is 2.35. The van der Waals surface area contributed by atoms with Crippen LogP contribution in [0.3, 0.4) is 0 Å². The van der Waals surface area contributed by atoms with Gasteiger partial charge in [0.15, 0.2) is 23.0 Å². The number of hydrogen-bond acceptors (Lipinski definition) is 6. The largest absolute Gasteiger partial charge is 0.453 e. The molecule has 0 saturated carbocycles. The van der Waals surface area contributed by atoms with Crippen molar-refractivity contribution in [3.8, 4) is 56.5 Å². The normalized spacial score (nSPS) is 12.2. The Morgan fingerprint density at radius 1 is 0.458 bits per heavy atom. The molecule has 0 radical (unpaired) electrons. The number of aryl methyl sites for hydroxylation is 3. The summed E-state index contributed by atoms with van der Waals surface area (Å²) in [7, 11) is 0. The summed E-state index contributed by atoms with van der Waals surface area (Å²) in [4.78, 5) is 11.6. The Hall–Kier alpha value is -7.28. The Kier molecular flexibility index (Phi) is 8.27. The van der Waals surface area contributed by atoms with Gasteiger partial charge in [0.25, 0.3) is 0 Å². The fraction of sp³-hybridized carbons (Fsp3) is 0.0566. The van der Waals surface area contributed by atoms with Crippen LogP contribution >= 0.6 is 11.3 Å². The Labute approximate surface area is 346 Å². The number of ether oxygens (including phenoxy) is 2. The lowest BCUT2D eigenvalue weighted by molar-refractivity contribution is 0.446. The number of nitrogens with zero attached hydrogens (tertiary/aromatic N) is 3. The average molecular weight is 780 g/mol. The van der Waals surface area contributed by atoms with Gasteiger partial charge < -0.3 is 9.47 Å². The summed E-state index contributed by atoms with van der Waals surface area (Å²) in [5.41, 5.74) is 13.4. The van der Waals surface area contributed by atoms with Crippen LogP contribution in [0, 0.1) is 20.8 Å². The number of thiophene rings is 1. The Morgan fingerprint density at radius 2 is 1.07 bits per heavy atom. The van der Waals surface area contributed by atoms with Gasteiger partial charge in [0.1, 0.15) is 11.5 Å². The van der Waals surface area contributed by atoms with Gasteiger partial charge in [-0.05, 0) is 109 Å². The number of aromatic nitrogens is 2. The standard InChI is InChI=1S/C32H23NO2.C21H14N2S/c1-20-9-3-4-10-24(20)25-17-22(16-15-21(25)2)23-18-30-32-31(19-23)35-29-14-8-6-12-27(29)33(32)26-11-5-7-13-28(26)34-30;1-13-22-18-11-4-2-8-16(18)20(23-13)17-10-6-9-15-14-7-3-5-12-19(14)24-21(15)17/h3-19H,1-2H3;2-12H,1H3. The van der Waals surface area contributed by atoms with E-state index in [0.29, 0.717) is 0 Å². The molecular formula is C53H37N3O2S. The molecule has 282 valence electrons. The van der Waals surface area contributed by atoms with E-state index in [-0.39, 0.29) is 0 Å². The number of hydrogen-bond donors (Lipinski definition) is 0. The molecule has 5 nitrogen and oxygen atoms in total. The Morgan fingerprint density at radius 3 is 1.83 bits per heavy atom. The number of para-hydroxylation sites is 5. The van der Waals surface area contributed by atoms with Crippen LogP contribution in [0.5, 0.6) is 23.0 Å². The van der Waals surface area contributed by atoms with E-state index in [2.05, 4.69) is 151 Å². The summed E-state index contributed by atoms with van der Waals surface area (Å²) in [6.45, 7) is 6.29. The molecule has 4 heterocycles. The molecule has 0 N–H and O–H groups in total. The zero-order valence-corrected chi connectivity index (χ0v) is 33.5. The van der Waals surface area contributed by atoms with Crippen molar-refractivity contribution in [2.45, 2.75) is 20.8 Å². The van der Waals surface area contributed by atoms with Crippen LogP contribution in [0.15, 0.2) is 170 Å². The first-order valence-electron chi connectivity index (χ1n) is 19.8. The highest BCUT2D eigenvalue weighted by Crippen LogP contribution is 2.60. The van der Waals surface area contributed by atoms with Crippen LogP contribution in [0.1, 0.15) is 17.0 Å². The lowest BCUT2D eigenvalue weighted by Gasteiger charge is -2.38. The third-order valence-electron chi connectivity index (χ3n) is 11.3. The van der Waals surface area contributed by atoms with Crippen LogP contribution in [-0.2, 0) is 0 Å². The summed E-state index contributed by atoms with van der Waals surface area (Å²) in [6, 6.07) is 59.1. The zero-order chi connectivity index (χ0) is 39.6. The van der Waals surface area contributed by atoms with Crippen LogP contribution in [0.25, 0.3) is 64.6 Å². The molecule has 0 aliphatic carbocycles. The number of anilines is 3. The first-order valence-corrected chi connectivity index (χ1v) is 20.6. The molecule has 0 atom stereocenters. The van der Waals surface area contributed by atoms with Crippen molar-refractivity contribution in [1.82, 2.24) is 9.97 Å². The van der Waals surface area contributed by atoms with Gasteiger partial charge in [-0.1, -0.05) is 115 Å². The van der Waals surface area contributed by atoms with Crippen LogP contribution < -0.4 is 14.4 Å². The van der Waals surface area contributed by atoms with E-state index in [1.807, 2.05) is 60.7 Å². The molecule has 2 aliphatic heterocycles. The maximum Gasteiger partial charge on any atom is 0.156 e. The summed E-state index contributed by atoms with van der Waals surface area (Å²) in [5.74, 6) is 4.07. The first kappa shape index (κ1) is 34.9. The van der Waals surface area contributed by atoms with Gasteiger partial charge in [0, 0.05) is 31.1 Å². The molecule has 2 aromatic heterocycles. The van der Waals surface area contributed by atoms with Crippen molar-refractivity contribution < 1.29 is 9.47 Å². The summed E-state index contributed by atoms with van der Waals surface area (Å²) < 4.78 is 15.5. The molecule has 12 rings (SSSR count). The van der Waals surface area contributed by atoms with E-state index in [0.717, 1.165) is 73.6 Å². The van der Waals surface area contributed by atoms with Crippen molar-refractivity contribution in [1.29, 1.82) is 0 Å². The molecule has 59 heavy (non-hydrogen) atoms. The lowest BCUT2D eigenvalue weighted by Crippen LogP contribution is -2.20. The lowest BCUT2D eigenvalue weighted by atomic mass is 9.92. The molecular weight excluding hydrogens is 743 g/mol. The van der Waals surface area contributed by atoms with Crippen molar-refractivity contribution in [3.63, 3.8) is 0 Å². The number of benzene rings is 8. The van der Waals surface area contributed by atoms with E-state index < -0.39 is 0 Å². The summed E-state index contributed by atoms with van der Waals surface area (Å²) in [5, 5.41) is 3.72. The smallest absolute Gasteiger partial charge is 0.156 e. The van der Waals surface area contributed by atoms with Crippen molar-refractivity contribution in [2.75, 3.05) is 4.90 Å². The van der Waals surface area contributed by atoms with Gasteiger partial charge in [-0.15, -0.1) is 11.3 Å². The van der Waals surface area contributed by atoms with E-state index in [1.165, 1.54) is 48.0 Å². The molecule has 0 fully saturated rings. The van der Waals surface area contributed by atoms with Crippen molar-refractivity contribution >= 4 is 59.5 Å². The molecule has 0 unspecified atom stereocenters. The molecule has 10 aromatic rings. The van der Waals surface area contributed by atoms with E-state index in [9.17, 15) is 0 Å². The van der Waals surface area contributed by atoms with Gasteiger partial charge >= 0.3 is 0 Å². The van der Waals surface area contributed by atoms with Gasteiger partial charge in [-0.2, -0.15) is 0 Å². The second-order valence-corrected chi connectivity index (χ2v) is 16.1. The highest BCUT2D eigenvalue weighted by molar-refractivity contribution is 7.26. The van der Waals surface area contributed by atoms with Gasteiger partial charge in [-0.3, -0.25) is 4.90 Å². The fourth-order valence-corrected chi connectivity index (χ4v) is 9.70. The van der Waals surface area contributed by atoms with Gasteiger partial charge in [-0.25, -0.2) is 9.97 Å². The van der Waals surface area contributed by atoms with E-state index >= 15 is 0 Å². The van der Waals surface area contributed by atoms with Crippen LogP contribution in [0.4, 0.5) is 17.1 Å². The first-order chi connectivity index (χ1) is 29.0. The van der Waals surface area contributed by atoms with Crippen LogP contribution in [0.2, 0.25) is 0 Å². The summed E-state index contributed by atoms with van der Waals surface area (Å²) >= 11 is 1.84. The minimum atomic E-state index is 0.795. The summed E-state index contributed by atoms with van der Waals surface area (Å²) in [6.07, 6.45) is 0. The molecule has 0 saturated heterocycles. The van der Waals surface area contributed by atoms with Crippen LogP contribution in [-0.4, -0.2) is 9.97 Å². The Balaban J connectivity index is 0.000000144. The predicted molar refractivity (Wildman–Crippen MR) is 244 cm³/mol.